The number of carboxylic acid groups (broad SMARTS) is 1. The molecule has 10 nitrogen and oxygen atoms in total. The summed E-state index contributed by atoms with van der Waals surface area (Å²) in [6.45, 7) is 7.07. The number of likely N-dealkylation sites (N-methyl/N-ethyl adjacent to an activating group) is 1. The number of carboxylic acids is 1. The SMILES string of the molecule is CCC(=O)N[C@@H](C(=O)N1CCN(C)CC1)[C@@H](C)c1ccc(NC(=O)CNC2CCCCC2)cc1.O=C(O)C(F)(F)F. The van der Waals surface area contributed by atoms with E-state index in [4.69, 9.17) is 9.90 Å². The first-order valence-electron chi connectivity index (χ1n) is 14.0. The standard InChI is InChI=1S/C26H41N5O3.C2HF3O2/c1-4-23(32)29-25(26(34)31-16-14-30(3)15-17-31)19(2)20-10-12-22(13-11-20)28-24(33)18-27-21-8-6-5-7-9-21;3-2(4,5)1(6)7/h10-13,19,21,25,27H,4-9,14-18H2,1-3H3,(H,28,33)(H,29,32);(H,6,7)/t19-,25+;/m0./s1. The maximum Gasteiger partial charge on any atom is 0.490 e. The molecule has 2 atom stereocenters. The first-order chi connectivity index (χ1) is 19.3. The van der Waals surface area contributed by atoms with Crippen molar-refractivity contribution in [2.45, 2.75) is 76.6 Å². The van der Waals surface area contributed by atoms with Crippen LogP contribution in [-0.2, 0) is 19.2 Å². The Hall–Kier alpha value is -3.19. The molecular weight excluding hydrogens is 543 g/mol. The summed E-state index contributed by atoms with van der Waals surface area (Å²) >= 11 is 0. The van der Waals surface area contributed by atoms with Gasteiger partial charge >= 0.3 is 12.1 Å². The number of rotatable bonds is 9. The minimum Gasteiger partial charge on any atom is -0.475 e. The number of aliphatic carboxylic acids is 1. The molecule has 1 aliphatic heterocycles. The summed E-state index contributed by atoms with van der Waals surface area (Å²) in [5.74, 6) is -3.17. The van der Waals surface area contributed by atoms with Gasteiger partial charge in [-0.15, -0.1) is 0 Å². The second-order valence-electron chi connectivity index (χ2n) is 10.5. The highest BCUT2D eigenvalue weighted by atomic mass is 19.4. The third kappa shape index (κ3) is 11.7. The van der Waals surface area contributed by atoms with Gasteiger partial charge in [0.25, 0.3) is 0 Å². The summed E-state index contributed by atoms with van der Waals surface area (Å²) in [7, 11) is 2.05. The smallest absolute Gasteiger partial charge is 0.475 e. The van der Waals surface area contributed by atoms with Gasteiger partial charge in [-0.25, -0.2) is 4.79 Å². The normalized spacial score (nSPS) is 18.0. The van der Waals surface area contributed by atoms with E-state index in [0.717, 1.165) is 37.2 Å². The quantitative estimate of drug-likeness (QED) is 0.351. The Kier molecular flexibility index (Phi) is 13.5. The number of anilines is 1. The van der Waals surface area contributed by atoms with Crippen LogP contribution < -0.4 is 16.0 Å². The molecule has 1 saturated carbocycles. The lowest BCUT2D eigenvalue weighted by Crippen LogP contribution is -2.55. The van der Waals surface area contributed by atoms with Crippen LogP contribution in [-0.4, -0.2) is 96.6 Å². The van der Waals surface area contributed by atoms with Crippen LogP contribution in [0, 0.1) is 0 Å². The maximum atomic E-state index is 13.3. The molecule has 1 aliphatic carbocycles. The molecule has 230 valence electrons. The summed E-state index contributed by atoms with van der Waals surface area (Å²) in [5, 5.41) is 16.4. The summed E-state index contributed by atoms with van der Waals surface area (Å²) in [6, 6.07) is 7.41. The number of piperazine rings is 1. The van der Waals surface area contributed by atoms with Crippen LogP contribution in [0.25, 0.3) is 0 Å². The van der Waals surface area contributed by atoms with Gasteiger partial charge in [0.1, 0.15) is 6.04 Å². The second kappa shape index (κ2) is 16.3. The van der Waals surface area contributed by atoms with Crippen LogP contribution in [0.5, 0.6) is 0 Å². The molecule has 1 saturated heterocycles. The van der Waals surface area contributed by atoms with Gasteiger partial charge in [0.2, 0.25) is 17.7 Å². The predicted molar refractivity (Wildman–Crippen MR) is 148 cm³/mol. The third-order valence-electron chi connectivity index (χ3n) is 7.34. The minimum absolute atomic E-state index is 0.0337. The number of nitrogens with zero attached hydrogens (tertiary/aromatic N) is 2. The zero-order chi connectivity index (χ0) is 30.6. The molecule has 0 aromatic heterocycles. The Morgan fingerprint density at radius 3 is 2.05 bits per heavy atom. The summed E-state index contributed by atoms with van der Waals surface area (Å²) in [5.41, 5.74) is 1.67. The van der Waals surface area contributed by atoms with Gasteiger partial charge in [-0.1, -0.05) is 45.2 Å². The number of carbonyl (C=O) groups is 4. The first kappa shape index (κ1) is 34.0. The molecule has 0 unspecified atom stereocenters. The molecular formula is C28H42F3N5O5. The number of nitrogens with one attached hydrogen (secondary N) is 3. The van der Waals surface area contributed by atoms with Crippen LogP contribution in [0.4, 0.5) is 18.9 Å². The average molecular weight is 586 g/mol. The molecule has 41 heavy (non-hydrogen) atoms. The van der Waals surface area contributed by atoms with Gasteiger partial charge in [-0.3, -0.25) is 14.4 Å². The molecule has 1 aromatic carbocycles. The number of amides is 3. The van der Waals surface area contributed by atoms with Crippen LogP contribution in [0.2, 0.25) is 0 Å². The average Bonchev–Trinajstić information content (AvgIpc) is 2.95. The van der Waals surface area contributed by atoms with Crippen molar-refractivity contribution in [2.24, 2.45) is 0 Å². The Labute approximate surface area is 239 Å². The highest BCUT2D eigenvalue weighted by Gasteiger charge is 2.38. The number of hydrogen-bond acceptors (Lipinski definition) is 6. The molecule has 2 fully saturated rings. The van der Waals surface area contributed by atoms with Gasteiger partial charge in [0.15, 0.2) is 0 Å². The lowest BCUT2D eigenvalue weighted by molar-refractivity contribution is -0.192. The van der Waals surface area contributed by atoms with Gasteiger partial charge in [0.05, 0.1) is 6.54 Å². The van der Waals surface area contributed by atoms with E-state index in [1.807, 2.05) is 43.1 Å². The molecule has 0 bridgehead atoms. The van der Waals surface area contributed by atoms with Crippen molar-refractivity contribution in [3.63, 3.8) is 0 Å². The number of carbonyl (C=O) groups excluding carboxylic acids is 3. The highest BCUT2D eigenvalue weighted by molar-refractivity contribution is 5.92. The molecule has 0 spiro atoms. The van der Waals surface area contributed by atoms with E-state index < -0.39 is 18.2 Å². The van der Waals surface area contributed by atoms with E-state index in [1.54, 1.807) is 6.92 Å². The predicted octanol–water partition coefficient (Wildman–Crippen LogP) is 2.95. The maximum absolute atomic E-state index is 13.3. The van der Waals surface area contributed by atoms with Crippen molar-refractivity contribution >= 4 is 29.4 Å². The Morgan fingerprint density at radius 1 is 0.976 bits per heavy atom. The fourth-order valence-electron chi connectivity index (χ4n) is 4.71. The highest BCUT2D eigenvalue weighted by Crippen LogP contribution is 2.24. The Balaban J connectivity index is 0.000000745. The number of halogens is 3. The summed E-state index contributed by atoms with van der Waals surface area (Å²) in [6.07, 6.45) is 1.29. The minimum atomic E-state index is -5.08. The zero-order valence-corrected chi connectivity index (χ0v) is 23.9. The van der Waals surface area contributed by atoms with Gasteiger partial charge in [-0.2, -0.15) is 13.2 Å². The molecule has 0 radical (unpaired) electrons. The molecule has 13 heteroatoms. The van der Waals surface area contributed by atoms with E-state index in [0.29, 0.717) is 32.1 Å². The lowest BCUT2D eigenvalue weighted by Gasteiger charge is -2.36. The van der Waals surface area contributed by atoms with Crippen molar-refractivity contribution in [1.82, 2.24) is 20.4 Å². The van der Waals surface area contributed by atoms with Crippen molar-refractivity contribution in [3.8, 4) is 0 Å². The van der Waals surface area contributed by atoms with Crippen molar-refractivity contribution in [3.05, 3.63) is 29.8 Å². The van der Waals surface area contributed by atoms with Gasteiger partial charge < -0.3 is 30.9 Å². The van der Waals surface area contributed by atoms with Crippen LogP contribution in [0.3, 0.4) is 0 Å². The van der Waals surface area contributed by atoms with Crippen LogP contribution in [0.15, 0.2) is 24.3 Å². The summed E-state index contributed by atoms with van der Waals surface area (Å²) < 4.78 is 31.7. The second-order valence-corrected chi connectivity index (χ2v) is 10.5. The Morgan fingerprint density at radius 2 is 1.54 bits per heavy atom. The largest absolute Gasteiger partial charge is 0.490 e. The van der Waals surface area contributed by atoms with Crippen molar-refractivity contribution in [1.29, 1.82) is 0 Å². The van der Waals surface area contributed by atoms with Crippen molar-refractivity contribution < 1.29 is 37.5 Å². The number of benzene rings is 1. The van der Waals surface area contributed by atoms with E-state index in [2.05, 4.69) is 20.9 Å². The van der Waals surface area contributed by atoms with Crippen LogP contribution >= 0.6 is 0 Å². The summed E-state index contributed by atoms with van der Waals surface area (Å²) in [4.78, 5) is 50.8. The number of alkyl halides is 3. The first-order valence-corrected chi connectivity index (χ1v) is 14.0. The molecule has 2 aliphatic rings. The molecule has 4 N–H and O–H groups in total. The van der Waals surface area contributed by atoms with Crippen molar-refractivity contribution in [2.75, 3.05) is 45.1 Å². The number of hydrogen-bond donors (Lipinski definition) is 4. The van der Waals surface area contributed by atoms with E-state index in [1.165, 1.54) is 19.3 Å². The lowest BCUT2D eigenvalue weighted by atomic mass is 9.91. The zero-order valence-electron chi connectivity index (χ0n) is 23.9. The van der Waals surface area contributed by atoms with Gasteiger partial charge in [0, 0.05) is 50.2 Å². The molecule has 3 rings (SSSR count). The van der Waals surface area contributed by atoms with Gasteiger partial charge in [-0.05, 0) is 37.6 Å². The topological polar surface area (TPSA) is 131 Å². The molecule has 1 heterocycles. The monoisotopic (exact) mass is 585 g/mol. The van der Waals surface area contributed by atoms with Crippen LogP contribution in [0.1, 0.15) is 63.9 Å². The Bertz CT molecular complexity index is 1010. The third-order valence-corrected chi connectivity index (χ3v) is 7.34. The fraction of sp³-hybridized carbons (Fsp3) is 0.643. The van der Waals surface area contributed by atoms with E-state index in [9.17, 15) is 27.6 Å². The van der Waals surface area contributed by atoms with E-state index >= 15 is 0 Å². The molecule has 3 amide bonds. The molecule has 1 aromatic rings. The fourth-order valence-corrected chi connectivity index (χ4v) is 4.71. The van der Waals surface area contributed by atoms with E-state index in [-0.39, 0.29) is 23.6 Å².